The van der Waals surface area contributed by atoms with Gasteiger partial charge in [0, 0.05) is 6.20 Å². The molecule has 130 valence electrons. The maximum atomic E-state index is 12.7. The third kappa shape index (κ3) is 4.13. The molecule has 2 N–H and O–H groups in total. The molecule has 0 fully saturated rings. The maximum absolute atomic E-state index is 12.7. The molecule has 0 bridgehead atoms. The molecule has 1 heterocycles. The smallest absolute Gasteiger partial charge is 0.274 e. The Hall–Kier alpha value is -3.47. The average Bonchev–Trinajstić information content (AvgIpc) is 2.69. The average molecular weight is 345 g/mol. The number of hydrogen-bond acceptors (Lipinski definition) is 3. The molecule has 0 spiro atoms. The molecule has 0 saturated heterocycles. The molecule has 0 saturated carbocycles. The molecule has 0 radical (unpaired) electrons. The first-order chi connectivity index (χ1) is 12.6. The number of aromatic nitrogens is 1. The fourth-order valence-corrected chi connectivity index (χ4v) is 2.57. The third-order valence-electron chi connectivity index (χ3n) is 3.96. The lowest BCUT2D eigenvalue weighted by atomic mass is 10.1. The Labute approximate surface area is 152 Å². The molecule has 0 aliphatic carbocycles. The first-order valence-corrected chi connectivity index (χ1v) is 8.32. The van der Waals surface area contributed by atoms with E-state index in [9.17, 15) is 9.59 Å². The third-order valence-corrected chi connectivity index (χ3v) is 3.96. The highest BCUT2D eigenvalue weighted by Gasteiger charge is 2.16. The second kappa shape index (κ2) is 8.07. The monoisotopic (exact) mass is 345 g/mol. The molecule has 26 heavy (non-hydrogen) atoms. The maximum Gasteiger partial charge on any atom is 0.274 e. The Morgan fingerprint density at radius 3 is 2.27 bits per heavy atom. The van der Waals surface area contributed by atoms with Crippen molar-refractivity contribution in [2.45, 2.75) is 13.0 Å². The zero-order chi connectivity index (χ0) is 18.4. The summed E-state index contributed by atoms with van der Waals surface area (Å²) in [4.78, 5) is 29.0. The summed E-state index contributed by atoms with van der Waals surface area (Å²) in [6.45, 7) is 1.92. The SMILES string of the molecule is C[C@H](NC(=O)c1ccccc1NC(=O)c1ccccn1)c1ccccc1. The van der Waals surface area contributed by atoms with Crippen LogP contribution in [0.25, 0.3) is 0 Å². The number of pyridine rings is 1. The highest BCUT2D eigenvalue weighted by Crippen LogP contribution is 2.18. The molecular weight excluding hydrogens is 326 g/mol. The molecule has 5 heteroatoms. The largest absolute Gasteiger partial charge is 0.345 e. The molecule has 2 aromatic carbocycles. The minimum Gasteiger partial charge on any atom is -0.345 e. The van der Waals surface area contributed by atoms with Crippen LogP contribution in [0.1, 0.15) is 39.4 Å². The van der Waals surface area contributed by atoms with Crippen molar-refractivity contribution in [2.75, 3.05) is 5.32 Å². The van der Waals surface area contributed by atoms with E-state index >= 15 is 0 Å². The van der Waals surface area contributed by atoms with Gasteiger partial charge < -0.3 is 10.6 Å². The van der Waals surface area contributed by atoms with Gasteiger partial charge in [-0.1, -0.05) is 48.5 Å². The Bertz CT molecular complexity index is 895. The van der Waals surface area contributed by atoms with Gasteiger partial charge in [-0.25, -0.2) is 0 Å². The quantitative estimate of drug-likeness (QED) is 0.738. The van der Waals surface area contributed by atoms with Gasteiger partial charge in [0.25, 0.3) is 11.8 Å². The van der Waals surface area contributed by atoms with Crippen LogP contribution in [0.4, 0.5) is 5.69 Å². The lowest BCUT2D eigenvalue weighted by molar-refractivity contribution is 0.0941. The van der Waals surface area contributed by atoms with Gasteiger partial charge in [0.05, 0.1) is 17.3 Å². The van der Waals surface area contributed by atoms with Crippen molar-refractivity contribution >= 4 is 17.5 Å². The van der Waals surface area contributed by atoms with E-state index in [1.807, 2.05) is 37.3 Å². The predicted molar refractivity (Wildman–Crippen MR) is 101 cm³/mol. The van der Waals surface area contributed by atoms with Crippen molar-refractivity contribution in [1.29, 1.82) is 0 Å². The van der Waals surface area contributed by atoms with E-state index in [-0.39, 0.29) is 17.9 Å². The van der Waals surface area contributed by atoms with Gasteiger partial charge in [0.2, 0.25) is 0 Å². The molecular formula is C21H19N3O2. The van der Waals surface area contributed by atoms with Gasteiger partial charge in [0.15, 0.2) is 0 Å². The lowest BCUT2D eigenvalue weighted by Crippen LogP contribution is -2.28. The number of benzene rings is 2. The number of nitrogens with one attached hydrogen (secondary N) is 2. The molecule has 1 aromatic heterocycles. The van der Waals surface area contributed by atoms with Crippen molar-refractivity contribution in [3.8, 4) is 0 Å². The van der Waals surface area contributed by atoms with Crippen molar-refractivity contribution in [2.24, 2.45) is 0 Å². The summed E-state index contributed by atoms with van der Waals surface area (Å²) in [5.74, 6) is -0.611. The van der Waals surface area contributed by atoms with Gasteiger partial charge in [-0.05, 0) is 36.8 Å². The lowest BCUT2D eigenvalue weighted by Gasteiger charge is -2.16. The zero-order valence-corrected chi connectivity index (χ0v) is 14.3. The Morgan fingerprint density at radius 1 is 0.846 bits per heavy atom. The molecule has 0 aliphatic heterocycles. The number of hydrogen-bond donors (Lipinski definition) is 2. The summed E-state index contributed by atoms with van der Waals surface area (Å²) in [5.41, 5.74) is 2.15. The van der Waals surface area contributed by atoms with Crippen LogP contribution in [-0.2, 0) is 0 Å². The zero-order valence-electron chi connectivity index (χ0n) is 14.3. The molecule has 3 aromatic rings. The highest BCUT2D eigenvalue weighted by atomic mass is 16.2. The molecule has 3 rings (SSSR count). The van der Waals surface area contributed by atoms with Crippen LogP contribution in [0.3, 0.4) is 0 Å². The molecule has 5 nitrogen and oxygen atoms in total. The number of carbonyl (C=O) groups excluding carboxylic acids is 2. The number of nitrogens with zero attached hydrogens (tertiary/aromatic N) is 1. The van der Waals surface area contributed by atoms with Crippen molar-refractivity contribution < 1.29 is 9.59 Å². The van der Waals surface area contributed by atoms with E-state index in [1.54, 1.807) is 48.7 Å². The van der Waals surface area contributed by atoms with Crippen LogP contribution in [0.15, 0.2) is 79.0 Å². The Morgan fingerprint density at radius 2 is 1.54 bits per heavy atom. The van der Waals surface area contributed by atoms with Crippen molar-refractivity contribution in [3.63, 3.8) is 0 Å². The standard InChI is InChI=1S/C21H19N3O2/c1-15(16-9-3-2-4-10-16)23-20(25)17-11-5-6-12-18(17)24-21(26)19-13-7-8-14-22-19/h2-15H,1H3,(H,23,25)(H,24,26)/t15-/m0/s1. The topological polar surface area (TPSA) is 71.1 Å². The van der Waals surface area contributed by atoms with Gasteiger partial charge in [-0.2, -0.15) is 0 Å². The van der Waals surface area contributed by atoms with Gasteiger partial charge in [-0.3, -0.25) is 14.6 Å². The summed E-state index contributed by atoms with van der Waals surface area (Å²) in [6.07, 6.45) is 1.55. The van der Waals surface area contributed by atoms with E-state index < -0.39 is 0 Å². The molecule has 1 atom stereocenters. The Balaban J connectivity index is 1.76. The summed E-state index contributed by atoms with van der Waals surface area (Å²) in [5, 5.41) is 5.72. The summed E-state index contributed by atoms with van der Waals surface area (Å²) in [6, 6.07) is 21.6. The van der Waals surface area contributed by atoms with Crippen molar-refractivity contribution in [1.82, 2.24) is 10.3 Å². The Kier molecular flexibility index (Phi) is 5.39. The minimum atomic E-state index is -0.359. The fraction of sp³-hybridized carbons (Fsp3) is 0.0952. The first-order valence-electron chi connectivity index (χ1n) is 8.32. The second-order valence-electron chi connectivity index (χ2n) is 5.82. The van der Waals surface area contributed by atoms with E-state index in [0.29, 0.717) is 16.9 Å². The van der Waals surface area contributed by atoms with Gasteiger partial charge >= 0.3 is 0 Å². The molecule has 0 unspecified atom stereocenters. The van der Waals surface area contributed by atoms with E-state index in [0.717, 1.165) is 5.56 Å². The number of para-hydroxylation sites is 1. The van der Waals surface area contributed by atoms with Crippen LogP contribution in [-0.4, -0.2) is 16.8 Å². The normalized spacial score (nSPS) is 11.4. The van der Waals surface area contributed by atoms with Crippen LogP contribution in [0, 0.1) is 0 Å². The minimum absolute atomic E-state index is 0.150. The number of rotatable bonds is 5. The number of amides is 2. The van der Waals surface area contributed by atoms with E-state index in [4.69, 9.17) is 0 Å². The van der Waals surface area contributed by atoms with Crippen LogP contribution in [0.2, 0.25) is 0 Å². The van der Waals surface area contributed by atoms with Crippen LogP contribution < -0.4 is 10.6 Å². The fourth-order valence-electron chi connectivity index (χ4n) is 2.57. The summed E-state index contributed by atoms with van der Waals surface area (Å²) < 4.78 is 0. The molecule has 0 aliphatic rings. The summed E-state index contributed by atoms with van der Waals surface area (Å²) >= 11 is 0. The van der Waals surface area contributed by atoms with E-state index in [1.165, 1.54) is 0 Å². The highest BCUT2D eigenvalue weighted by molar-refractivity contribution is 6.08. The predicted octanol–water partition coefficient (Wildman–Crippen LogP) is 3.82. The second-order valence-corrected chi connectivity index (χ2v) is 5.82. The molecule has 2 amide bonds. The van der Waals surface area contributed by atoms with Crippen LogP contribution >= 0.6 is 0 Å². The first kappa shape index (κ1) is 17.4. The van der Waals surface area contributed by atoms with E-state index in [2.05, 4.69) is 15.6 Å². The number of anilines is 1. The van der Waals surface area contributed by atoms with Gasteiger partial charge in [-0.15, -0.1) is 0 Å². The van der Waals surface area contributed by atoms with Crippen LogP contribution in [0.5, 0.6) is 0 Å². The summed E-state index contributed by atoms with van der Waals surface area (Å²) in [7, 11) is 0. The number of carbonyl (C=O) groups is 2. The van der Waals surface area contributed by atoms with Gasteiger partial charge in [0.1, 0.15) is 5.69 Å². The van der Waals surface area contributed by atoms with Crippen molar-refractivity contribution in [3.05, 3.63) is 95.8 Å².